The number of thioether (sulfide) groups is 1. The minimum Gasteiger partial charge on any atom is -0.325 e. The van der Waals surface area contributed by atoms with Crippen molar-refractivity contribution >= 4 is 34.1 Å². The van der Waals surface area contributed by atoms with Gasteiger partial charge in [-0.1, -0.05) is 30.3 Å². The van der Waals surface area contributed by atoms with Gasteiger partial charge in [-0.05, 0) is 41.1 Å². The molecule has 3 aromatic carbocycles. The summed E-state index contributed by atoms with van der Waals surface area (Å²) in [6, 6.07) is 17.1. The second-order valence-electron chi connectivity index (χ2n) is 4.97. The highest BCUT2D eigenvalue weighted by Gasteiger charge is 2.07. The third kappa shape index (κ3) is 3.87. The van der Waals surface area contributed by atoms with E-state index in [0.29, 0.717) is 10.6 Å². The van der Waals surface area contributed by atoms with Crippen LogP contribution in [-0.2, 0) is 4.79 Å². The van der Waals surface area contributed by atoms with Gasteiger partial charge in [0.05, 0.1) is 5.75 Å². The zero-order chi connectivity index (χ0) is 16.2. The lowest BCUT2D eigenvalue weighted by Gasteiger charge is -2.07. The molecule has 0 saturated heterocycles. The second kappa shape index (κ2) is 6.79. The highest BCUT2D eigenvalue weighted by molar-refractivity contribution is 8.00. The van der Waals surface area contributed by atoms with E-state index in [9.17, 15) is 13.6 Å². The normalized spacial score (nSPS) is 10.7. The molecule has 5 heteroatoms. The first-order valence-corrected chi connectivity index (χ1v) is 7.97. The third-order valence-corrected chi connectivity index (χ3v) is 4.29. The number of rotatable bonds is 4. The molecule has 2 nitrogen and oxygen atoms in total. The molecule has 0 spiro atoms. The van der Waals surface area contributed by atoms with Crippen molar-refractivity contribution in [3.63, 3.8) is 0 Å². The van der Waals surface area contributed by atoms with Crippen molar-refractivity contribution in [1.29, 1.82) is 0 Å². The first kappa shape index (κ1) is 15.5. The first-order chi connectivity index (χ1) is 11.1. The van der Waals surface area contributed by atoms with Crippen molar-refractivity contribution in [1.82, 2.24) is 0 Å². The molecule has 3 aromatic rings. The van der Waals surface area contributed by atoms with Gasteiger partial charge in [0.2, 0.25) is 5.91 Å². The number of fused-ring (bicyclic) bond motifs is 1. The monoisotopic (exact) mass is 329 g/mol. The van der Waals surface area contributed by atoms with Gasteiger partial charge in [0.15, 0.2) is 11.6 Å². The Labute approximate surface area is 136 Å². The number of hydrogen-bond donors (Lipinski definition) is 1. The molecular formula is C18H13F2NOS. The summed E-state index contributed by atoms with van der Waals surface area (Å²) in [7, 11) is 0. The molecule has 0 heterocycles. The molecule has 0 aliphatic rings. The SMILES string of the molecule is O=C(CSc1ccc(F)c(F)c1)Nc1ccc2ccccc2c1. The Kier molecular flexibility index (Phi) is 4.57. The van der Waals surface area contributed by atoms with Crippen molar-refractivity contribution in [2.45, 2.75) is 4.90 Å². The molecule has 0 fully saturated rings. The summed E-state index contributed by atoms with van der Waals surface area (Å²) in [5.41, 5.74) is 0.708. The zero-order valence-electron chi connectivity index (χ0n) is 12.1. The fraction of sp³-hybridized carbons (Fsp3) is 0.0556. The van der Waals surface area contributed by atoms with E-state index in [1.165, 1.54) is 6.07 Å². The molecule has 116 valence electrons. The topological polar surface area (TPSA) is 29.1 Å². The maximum Gasteiger partial charge on any atom is 0.234 e. The van der Waals surface area contributed by atoms with Crippen molar-refractivity contribution in [2.24, 2.45) is 0 Å². The van der Waals surface area contributed by atoms with E-state index >= 15 is 0 Å². The van der Waals surface area contributed by atoms with Gasteiger partial charge in [0, 0.05) is 10.6 Å². The molecule has 0 aromatic heterocycles. The van der Waals surface area contributed by atoms with Crippen LogP contribution in [0.4, 0.5) is 14.5 Å². The van der Waals surface area contributed by atoms with Gasteiger partial charge < -0.3 is 5.32 Å². The fourth-order valence-corrected chi connectivity index (χ4v) is 2.90. The summed E-state index contributed by atoms with van der Waals surface area (Å²) in [5.74, 6) is -1.88. The van der Waals surface area contributed by atoms with Gasteiger partial charge >= 0.3 is 0 Å². The van der Waals surface area contributed by atoms with E-state index < -0.39 is 11.6 Å². The van der Waals surface area contributed by atoms with Crippen molar-refractivity contribution in [3.8, 4) is 0 Å². The van der Waals surface area contributed by atoms with Crippen LogP contribution in [0.3, 0.4) is 0 Å². The van der Waals surface area contributed by atoms with Gasteiger partial charge in [-0.2, -0.15) is 0 Å². The molecule has 0 radical (unpaired) electrons. The highest BCUT2D eigenvalue weighted by Crippen LogP contribution is 2.22. The molecule has 0 bridgehead atoms. The number of halogens is 2. The lowest BCUT2D eigenvalue weighted by Crippen LogP contribution is -2.13. The number of carbonyl (C=O) groups excluding carboxylic acids is 1. The van der Waals surface area contributed by atoms with E-state index in [2.05, 4.69) is 5.32 Å². The molecule has 0 aliphatic carbocycles. The lowest BCUT2D eigenvalue weighted by atomic mass is 10.1. The maximum absolute atomic E-state index is 13.1. The van der Waals surface area contributed by atoms with E-state index in [1.807, 2.05) is 42.5 Å². The molecular weight excluding hydrogens is 316 g/mol. The Hall–Kier alpha value is -2.40. The van der Waals surface area contributed by atoms with Crippen molar-refractivity contribution in [3.05, 3.63) is 72.3 Å². The van der Waals surface area contributed by atoms with E-state index in [4.69, 9.17) is 0 Å². The molecule has 3 rings (SSSR count). The van der Waals surface area contributed by atoms with Crippen LogP contribution < -0.4 is 5.32 Å². The Morgan fingerprint density at radius 3 is 2.48 bits per heavy atom. The largest absolute Gasteiger partial charge is 0.325 e. The van der Waals surface area contributed by atoms with Crippen LogP contribution in [0.5, 0.6) is 0 Å². The number of amides is 1. The quantitative estimate of drug-likeness (QED) is 0.693. The summed E-state index contributed by atoms with van der Waals surface area (Å²) >= 11 is 1.16. The predicted octanol–water partition coefficient (Wildman–Crippen LogP) is 4.85. The fourth-order valence-electron chi connectivity index (χ4n) is 2.18. The summed E-state index contributed by atoms with van der Waals surface area (Å²) in [6.45, 7) is 0. The molecule has 1 amide bonds. The van der Waals surface area contributed by atoms with Crippen LogP contribution in [-0.4, -0.2) is 11.7 Å². The summed E-state index contributed by atoms with van der Waals surface area (Å²) < 4.78 is 26.0. The van der Waals surface area contributed by atoms with Gasteiger partial charge in [-0.3, -0.25) is 4.79 Å². The standard InChI is InChI=1S/C18H13F2NOS/c19-16-8-7-15(10-17(16)20)23-11-18(22)21-14-6-5-12-3-1-2-4-13(12)9-14/h1-10H,11H2,(H,21,22). The van der Waals surface area contributed by atoms with Crippen LogP contribution in [0.25, 0.3) is 10.8 Å². The average Bonchev–Trinajstić information content (AvgIpc) is 2.56. The molecule has 0 atom stereocenters. The van der Waals surface area contributed by atoms with E-state index in [0.717, 1.165) is 34.7 Å². The minimum absolute atomic E-state index is 0.123. The zero-order valence-corrected chi connectivity index (χ0v) is 12.9. The lowest BCUT2D eigenvalue weighted by molar-refractivity contribution is -0.113. The van der Waals surface area contributed by atoms with Crippen LogP contribution in [0.15, 0.2) is 65.6 Å². The number of nitrogens with one attached hydrogen (secondary N) is 1. The number of benzene rings is 3. The number of hydrogen-bond acceptors (Lipinski definition) is 2. The summed E-state index contributed by atoms with van der Waals surface area (Å²) in [6.07, 6.45) is 0. The maximum atomic E-state index is 13.1. The number of anilines is 1. The first-order valence-electron chi connectivity index (χ1n) is 6.98. The average molecular weight is 329 g/mol. The molecule has 0 unspecified atom stereocenters. The Morgan fingerprint density at radius 1 is 0.913 bits per heavy atom. The summed E-state index contributed by atoms with van der Waals surface area (Å²) in [5, 5.41) is 4.94. The minimum atomic E-state index is -0.912. The van der Waals surface area contributed by atoms with Crippen LogP contribution in [0, 0.1) is 11.6 Å². The molecule has 23 heavy (non-hydrogen) atoms. The number of carbonyl (C=O) groups is 1. The summed E-state index contributed by atoms with van der Waals surface area (Å²) in [4.78, 5) is 12.5. The van der Waals surface area contributed by atoms with E-state index in [1.54, 1.807) is 0 Å². The second-order valence-corrected chi connectivity index (χ2v) is 6.02. The smallest absolute Gasteiger partial charge is 0.234 e. The Bertz CT molecular complexity index is 867. The van der Waals surface area contributed by atoms with Gasteiger partial charge in [0.1, 0.15) is 0 Å². The van der Waals surface area contributed by atoms with Gasteiger partial charge in [-0.25, -0.2) is 8.78 Å². The van der Waals surface area contributed by atoms with Gasteiger partial charge in [-0.15, -0.1) is 11.8 Å². The molecule has 0 aliphatic heterocycles. The third-order valence-electron chi connectivity index (χ3n) is 3.29. The molecule has 1 N–H and O–H groups in total. The Balaban J connectivity index is 1.62. The highest BCUT2D eigenvalue weighted by atomic mass is 32.2. The predicted molar refractivity (Wildman–Crippen MR) is 89.7 cm³/mol. The van der Waals surface area contributed by atoms with Crippen LogP contribution in [0.1, 0.15) is 0 Å². The molecule has 0 saturated carbocycles. The van der Waals surface area contributed by atoms with Crippen molar-refractivity contribution < 1.29 is 13.6 Å². The van der Waals surface area contributed by atoms with Crippen LogP contribution >= 0.6 is 11.8 Å². The van der Waals surface area contributed by atoms with Crippen LogP contribution in [0.2, 0.25) is 0 Å². The van der Waals surface area contributed by atoms with Crippen molar-refractivity contribution in [2.75, 3.05) is 11.1 Å². The van der Waals surface area contributed by atoms with E-state index in [-0.39, 0.29) is 11.7 Å². The Morgan fingerprint density at radius 2 is 1.70 bits per heavy atom. The van der Waals surface area contributed by atoms with Gasteiger partial charge in [0.25, 0.3) is 0 Å².